The van der Waals surface area contributed by atoms with Gasteiger partial charge in [-0.2, -0.15) is 0 Å². The topological polar surface area (TPSA) is 54.9 Å². The number of benzene rings is 1. The third kappa shape index (κ3) is 8.21. The molecule has 132 valence electrons. The summed E-state index contributed by atoms with van der Waals surface area (Å²) in [6.45, 7) is 8.10. The van der Waals surface area contributed by atoms with E-state index in [0.29, 0.717) is 13.1 Å². The Balaban J connectivity index is 0.00000484. The largest absolute Gasteiger partial charge is 0.496 e. The van der Waals surface area contributed by atoms with Crippen molar-refractivity contribution in [2.24, 2.45) is 4.99 Å². The standard InChI is InChI=1S/C16H26BrN3O2.HI/c1-6-18-15(20-11-16(2,3)22-5)19-10-12-9-13(17)7-8-14(12)21-4;/h7-9H,6,10-11H2,1-5H3,(H2,18,19,20);1H. The molecule has 0 heterocycles. The maximum absolute atomic E-state index is 5.41. The summed E-state index contributed by atoms with van der Waals surface area (Å²) in [6, 6.07) is 5.91. The van der Waals surface area contributed by atoms with Gasteiger partial charge < -0.3 is 20.1 Å². The first kappa shape index (κ1) is 22.5. The summed E-state index contributed by atoms with van der Waals surface area (Å²) in [6.07, 6.45) is 0. The number of ether oxygens (including phenoxy) is 2. The van der Waals surface area contributed by atoms with Crippen LogP contribution in [0.2, 0.25) is 0 Å². The Labute approximate surface area is 164 Å². The van der Waals surface area contributed by atoms with Crippen LogP contribution in [-0.2, 0) is 11.3 Å². The van der Waals surface area contributed by atoms with Crippen molar-refractivity contribution in [3.05, 3.63) is 28.2 Å². The molecule has 0 bridgehead atoms. The molecule has 1 aromatic carbocycles. The van der Waals surface area contributed by atoms with Crippen LogP contribution in [0.5, 0.6) is 5.75 Å². The lowest BCUT2D eigenvalue weighted by atomic mass is 10.1. The van der Waals surface area contributed by atoms with Crippen molar-refractivity contribution in [2.45, 2.75) is 32.9 Å². The first-order chi connectivity index (χ1) is 10.4. The molecule has 7 heteroatoms. The summed E-state index contributed by atoms with van der Waals surface area (Å²) in [5.74, 6) is 1.59. The van der Waals surface area contributed by atoms with Crippen LogP contribution in [-0.4, -0.2) is 38.9 Å². The Morgan fingerprint density at radius 2 is 1.96 bits per heavy atom. The molecule has 0 aromatic heterocycles. The van der Waals surface area contributed by atoms with E-state index >= 15 is 0 Å². The van der Waals surface area contributed by atoms with Gasteiger partial charge in [0.2, 0.25) is 0 Å². The fourth-order valence-electron chi connectivity index (χ4n) is 1.75. The van der Waals surface area contributed by atoms with E-state index in [1.807, 2.05) is 39.0 Å². The highest BCUT2D eigenvalue weighted by atomic mass is 127. The first-order valence-corrected chi connectivity index (χ1v) is 8.11. The highest BCUT2D eigenvalue weighted by molar-refractivity contribution is 14.0. The van der Waals surface area contributed by atoms with Crippen molar-refractivity contribution in [1.82, 2.24) is 10.6 Å². The van der Waals surface area contributed by atoms with Crippen LogP contribution in [0.15, 0.2) is 27.7 Å². The average Bonchev–Trinajstić information content (AvgIpc) is 2.50. The smallest absolute Gasteiger partial charge is 0.191 e. The number of nitrogens with one attached hydrogen (secondary N) is 2. The zero-order chi connectivity index (χ0) is 16.6. The normalized spacial score (nSPS) is 11.7. The van der Waals surface area contributed by atoms with Gasteiger partial charge in [-0.15, -0.1) is 24.0 Å². The molecule has 5 nitrogen and oxygen atoms in total. The highest BCUT2D eigenvalue weighted by Gasteiger charge is 2.16. The molecule has 0 saturated heterocycles. The van der Waals surface area contributed by atoms with Crippen molar-refractivity contribution >= 4 is 45.9 Å². The van der Waals surface area contributed by atoms with E-state index in [4.69, 9.17) is 9.47 Å². The Bertz CT molecular complexity index is 510. The molecule has 0 fully saturated rings. The van der Waals surface area contributed by atoms with Crippen LogP contribution in [0.25, 0.3) is 0 Å². The number of methoxy groups -OCH3 is 2. The summed E-state index contributed by atoms with van der Waals surface area (Å²) in [4.78, 5) is 4.61. The molecule has 23 heavy (non-hydrogen) atoms. The van der Waals surface area contributed by atoms with E-state index in [1.165, 1.54) is 0 Å². The molecule has 0 aliphatic heterocycles. The van der Waals surface area contributed by atoms with Crippen LogP contribution in [0.4, 0.5) is 0 Å². The molecule has 0 aliphatic carbocycles. The fourth-order valence-corrected chi connectivity index (χ4v) is 2.15. The van der Waals surface area contributed by atoms with Gasteiger partial charge in [0.25, 0.3) is 0 Å². The summed E-state index contributed by atoms with van der Waals surface area (Å²) >= 11 is 3.48. The van der Waals surface area contributed by atoms with Crippen LogP contribution in [0.3, 0.4) is 0 Å². The number of rotatable bonds is 7. The second-order valence-electron chi connectivity index (χ2n) is 5.47. The predicted molar refractivity (Wildman–Crippen MR) is 110 cm³/mol. The SMILES string of the molecule is CCNC(=NCc1cc(Br)ccc1OC)NCC(C)(C)OC.I. The minimum atomic E-state index is -0.246. The molecule has 0 radical (unpaired) electrons. The van der Waals surface area contributed by atoms with Gasteiger partial charge in [0.1, 0.15) is 5.75 Å². The average molecular weight is 500 g/mol. The monoisotopic (exact) mass is 499 g/mol. The van der Waals surface area contributed by atoms with Crippen LogP contribution >= 0.6 is 39.9 Å². The second kappa shape index (κ2) is 11.1. The van der Waals surface area contributed by atoms with Crippen molar-refractivity contribution in [3.63, 3.8) is 0 Å². The van der Waals surface area contributed by atoms with Gasteiger partial charge in [-0.3, -0.25) is 0 Å². The van der Waals surface area contributed by atoms with E-state index in [9.17, 15) is 0 Å². The van der Waals surface area contributed by atoms with E-state index in [1.54, 1.807) is 14.2 Å². The van der Waals surface area contributed by atoms with Gasteiger partial charge in [-0.25, -0.2) is 4.99 Å². The van der Waals surface area contributed by atoms with Gasteiger partial charge >= 0.3 is 0 Å². The molecule has 1 aromatic rings. The van der Waals surface area contributed by atoms with Crippen LogP contribution in [0.1, 0.15) is 26.3 Å². The Kier molecular flexibility index (Phi) is 10.8. The molecule has 0 saturated carbocycles. The zero-order valence-electron chi connectivity index (χ0n) is 14.4. The van der Waals surface area contributed by atoms with E-state index in [-0.39, 0.29) is 29.6 Å². The second-order valence-corrected chi connectivity index (χ2v) is 6.38. The lowest BCUT2D eigenvalue weighted by Gasteiger charge is -2.24. The minimum absolute atomic E-state index is 0. The highest BCUT2D eigenvalue weighted by Crippen LogP contribution is 2.23. The van der Waals surface area contributed by atoms with Gasteiger partial charge in [-0.1, -0.05) is 15.9 Å². The predicted octanol–water partition coefficient (Wildman–Crippen LogP) is 3.56. The lowest BCUT2D eigenvalue weighted by Crippen LogP contribution is -2.45. The lowest BCUT2D eigenvalue weighted by molar-refractivity contribution is 0.0268. The van der Waals surface area contributed by atoms with Crippen molar-refractivity contribution < 1.29 is 9.47 Å². The number of hydrogen-bond acceptors (Lipinski definition) is 3. The molecule has 0 unspecified atom stereocenters. The number of nitrogens with zero attached hydrogens (tertiary/aromatic N) is 1. The summed E-state index contributed by atoms with van der Waals surface area (Å²) < 4.78 is 11.8. The molecule has 0 amide bonds. The summed E-state index contributed by atoms with van der Waals surface area (Å²) in [5, 5.41) is 6.53. The summed E-state index contributed by atoms with van der Waals surface area (Å²) in [7, 11) is 3.37. The quantitative estimate of drug-likeness (QED) is 0.342. The van der Waals surface area contributed by atoms with Crippen LogP contribution in [0, 0.1) is 0 Å². The van der Waals surface area contributed by atoms with Crippen molar-refractivity contribution in [1.29, 1.82) is 0 Å². The van der Waals surface area contributed by atoms with E-state index in [2.05, 4.69) is 31.6 Å². The third-order valence-electron chi connectivity index (χ3n) is 3.23. The molecular formula is C16H27BrIN3O2. The maximum atomic E-state index is 5.41. The number of guanidine groups is 1. The molecule has 1 rings (SSSR count). The Morgan fingerprint density at radius 3 is 2.52 bits per heavy atom. The molecule has 0 aliphatic rings. The number of aliphatic imine (C=N–C) groups is 1. The Hall–Kier alpha value is -0.540. The minimum Gasteiger partial charge on any atom is -0.496 e. The third-order valence-corrected chi connectivity index (χ3v) is 3.72. The first-order valence-electron chi connectivity index (χ1n) is 7.31. The number of halogens is 2. The van der Waals surface area contributed by atoms with Gasteiger partial charge in [0.05, 0.1) is 19.3 Å². The molecule has 2 N–H and O–H groups in total. The summed E-state index contributed by atoms with van der Waals surface area (Å²) in [5.41, 5.74) is 0.781. The van der Waals surface area contributed by atoms with Gasteiger partial charge in [0, 0.05) is 30.2 Å². The van der Waals surface area contributed by atoms with Crippen LogP contribution < -0.4 is 15.4 Å². The number of hydrogen-bond donors (Lipinski definition) is 2. The Morgan fingerprint density at radius 1 is 1.26 bits per heavy atom. The van der Waals surface area contributed by atoms with Gasteiger partial charge in [-0.05, 0) is 39.0 Å². The zero-order valence-corrected chi connectivity index (χ0v) is 18.3. The molecule has 0 spiro atoms. The van der Waals surface area contributed by atoms with E-state index < -0.39 is 0 Å². The van der Waals surface area contributed by atoms with Crippen molar-refractivity contribution in [2.75, 3.05) is 27.3 Å². The molecular weight excluding hydrogens is 473 g/mol. The fraction of sp³-hybridized carbons (Fsp3) is 0.562. The molecule has 0 atom stereocenters. The van der Waals surface area contributed by atoms with Gasteiger partial charge in [0.15, 0.2) is 5.96 Å². The van der Waals surface area contributed by atoms with Crippen molar-refractivity contribution in [3.8, 4) is 5.75 Å². The maximum Gasteiger partial charge on any atom is 0.191 e. The van der Waals surface area contributed by atoms with E-state index in [0.717, 1.165) is 28.3 Å².